The molecule has 4 N–H and O–H groups in total. The summed E-state index contributed by atoms with van der Waals surface area (Å²) in [5.41, 5.74) is 1.16. The molecule has 2 atom stereocenters. The Balaban J connectivity index is 1.77. The van der Waals surface area contributed by atoms with Crippen LogP contribution < -0.4 is 16.0 Å². The first kappa shape index (κ1) is 16.5. The second-order valence-corrected chi connectivity index (χ2v) is 6.12. The third-order valence-electron chi connectivity index (χ3n) is 4.24. The number of benzene rings is 1. The molecule has 1 aliphatic rings. The Morgan fingerprint density at radius 3 is 2.41 bits per heavy atom. The molecule has 1 aromatic carbocycles. The minimum absolute atomic E-state index is 0.167. The van der Waals surface area contributed by atoms with Gasteiger partial charge in [0.1, 0.15) is 6.04 Å². The molecule has 0 aliphatic heterocycles. The summed E-state index contributed by atoms with van der Waals surface area (Å²) in [6.45, 7) is 3.87. The van der Waals surface area contributed by atoms with Gasteiger partial charge in [-0.1, -0.05) is 43.2 Å². The number of imide groups is 1. The summed E-state index contributed by atoms with van der Waals surface area (Å²) >= 11 is 0. The van der Waals surface area contributed by atoms with Crippen molar-refractivity contribution in [2.45, 2.75) is 57.7 Å². The van der Waals surface area contributed by atoms with E-state index in [0.717, 1.165) is 31.2 Å². The number of carbonyl (C=O) groups is 2. The van der Waals surface area contributed by atoms with Crippen molar-refractivity contribution in [3.05, 3.63) is 35.9 Å². The Labute approximate surface area is 131 Å². The van der Waals surface area contributed by atoms with Crippen LogP contribution in [0.1, 0.15) is 51.1 Å². The second-order valence-electron chi connectivity index (χ2n) is 6.12. The molecule has 0 saturated heterocycles. The maximum absolute atomic E-state index is 12.1. The lowest BCUT2D eigenvalue weighted by Crippen LogP contribution is -2.92. The molecule has 0 aromatic heterocycles. The molecule has 22 heavy (non-hydrogen) atoms. The van der Waals surface area contributed by atoms with Gasteiger partial charge in [0.2, 0.25) is 0 Å². The minimum atomic E-state index is -0.371. The number of urea groups is 1. The van der Waals surface area contributed by atoms with Crippen molar-refractivity contribution >= 4 is 11.9 Å². The van der Waals surface area contributed by atoms with Crippen molar-refractivity contribution < 1.29 is 14.9 Å². The van der Waals surface area contributed by atoms with Crippen LogP contribution in [0.2, 0.25) is 0 Å². The lowest BCUT2D eigenvalue weighted by Gasteiger charge is -2.17. The molecule has 2 rings (SSSR count). The van der Waals surface area contributed by atoms with Crippen molar-refractivity contribution in [3.8, 4) is 0 Å². The molecule has 0 radical (unpaired) electrons. The molecule has 120 valence electrons. The largest absolute Gasteiger partial charge is 0.335 e. The maximum Gasteiger partial charge on any atom is 0.321 e. The van der Waals surface area contributed by atoms with Crippen molar-refractivity contribution in [3.63, 3.8) is 0 Å². The van der Waals surface area contributed by atoms with Gasteiger partial charge < -0.3 is 10.6 Å². The normalized spacial score (nSPS) is 17.7. The molecule has 1 fully saturated rings. The molecular formula is C17H26N3O2+. The van der Waals surface area contributed by atoms with Gasteiger partial charge in [0, 0.05) is 11.6 Å². The number of hydrogen-bond donors (Lipinski definition) is 3. The van der Waals surface area contributed by atoms with Crippen LogP contribution in [0.3, 0.4) is 0 Å². The van der Waals surface area contributed by atoms with Crippen LogP contribution in [0.15, 0.2) is 30.3 Å². The van der Waals surface area contributed by atoms with Gasteiger partial charge in [0.25, 0.3) is 5.91 Å². The molecule has 3 amide bonds. The Kier molecular flexibility index (Phi) is 5.95. The molecule has 1 saturated carbocycles. The van der Waals surface area contributed by atoms with E-state index < -0.39 is 0 Å². The van der Waals surface area contributed by atoms with Crippen LogP contribution in [-0.2, 0) is 4.79 Å². The SMILES string of the molecule is C[C@H]([NH2+][C@@H](C)c1ccccc1)C(=O)NC(=O)NC1CCCC1. The van der Waals surface area contributed by atoms with E-state index in [1.54, 1.807) is 0 Å². The van der Waals surface area contributed by atoms with Crippen molar-refractivity contribution in [2.75, 3.05) is 0 Å². The van der Waals surface area contributed by atoms with Crippen molar-refractivity contribution in [1.82, 2.24) is 10.6 Å². The van der Waals surface area contributed by atoms with Crippen LogP contribution in [0.25, 0.3) is 0 Å². The second kappa shape index (κ2) is 7.94. The van der Waals surface area contributed by atoms with Crippen LogP contribution in [0.5, 0.6) is 0 Å². The zero-order valence-corrected chi connectivity index (χ0v) is 13.3. The summed E-state index contributed by atoms with van der Waals surface area (Å²) in [6, 6.07) is 9.72. The summed E-state index contributed by atoms with van der Waals surface area (Å²) in [7, 11) is 0. The lowest BCUT2D eigenvalue weighted by atomic mass is 10.1. The van der Waals surface area contributed by atoms with Gasteiger partial charge in [-0.2, -0.15) is 0 Å². The van der Waals surface area contributed by atoms with Crippen LogP contribution in [0.4, 0.5) is 4.79 Å². The number of rotatable bonds is 5. The fraction of sp³-hybridized carbons (Fsp3) is 0.529. The van der Waals surface area contributed by atoms with E-state index in [1.165, 1.54) is 0 Å². The lowest BCUT2D eigenvalue weighted by molar-refractivity contribution is -0.710. The summed E-state index contributed by atoms with van der Waals surface area (Å²) in [6.07, 6.45) is 4.32. The fourth-order valence-corrected chi connectivity index (χ4v) is 2.91. The number of nitrogens with one attached hydrogen (secondary N) is 2. The maximum atomic E-state index is 12.1. The zero-order valence-electron chi connectivity index (χ0n) is 13.3. The standard InChI is InChI=1S/C17H25N3O2/c1-12(14-8-4-3-5-9-14)18-13(2)16(21)20-17(22)19-15-10-6-7-11-15/h3-5,8-9,12-13,15,18H,6-7,10-11H2,1-2H3,(H2,19,20,21,22)/p+1/t12-,13-/m0/s1. The monoisotopic (exact) mass is 304 g/mol. The summed E-state index contributed by atoms with van der Waals surface area (Å²) in [5, 5.41) is 7.27. The van der Waals surface area contributed by atoms with Gasteiger partial charge in [-0.25, -0.2) is 4.79 Å². The quantitative estimate of drug-likeness (QED) is 0.770. The topological polar surface area (TPSA) is 74.8 Å². The zero-order chi connectivity index (χ0) is 15.9. The molecule has 1 aromatic rings. The molecule has 0 unspecified atom stereocenters. The highest BCUT2D eigenvalue weighted by Crippen LogP contribution is 2.17. The van der Waals surface area contributed by atoms with Crippen LogP contribution >= 0.6 is 0 Å². The number of nitrogens with two attached hydrogens (primary N) is 1. The van der Waals surface area contributed by atoms with Gasteiger partial charge in [0.05, 0.1) is 0 Å². The highest BCUT2D eigenvalue weighted by atomic mass is 16.2. The van der Waals surface area contributed by atoms with E-state index in [9.17, 15) is 9.59 Å². The van der Waals surface area contributed by atoms with E-state index >= 15 is 0 Å². The predicted molar refractivity (Wildman–Crippen MR) is 85.2 cm³/mol. The number of hydrogen-bond acceptors (Lipinski definition) is 2. The van der Waals surface area contributed by atoms with E-state index in [2.05, 4.69) is 17.6 Å². The Hall–Kier alpha value is -1.88. The van der Waals surface area contributed by atoms with E-state index in [4.69, 9.17) is 0 Å². The first-order valence-electron chi connectivity index (χ1n) is 8.07. The fourth-order valence-electron chi connectivity index (χ4n) is 2.91. The van der Waals surface area contributed by atoms with Crippen molar-refractivity contribution in [1.29, 1.82) is 0 Å². The Morgan fingerprint density at radius 1 is 1.14 bits per heavy atom. The van der Waals surface area contributed by atoms with E-state index in [1.807, 2.05) is 42.6 Å². The van der Waals surface area contributed by atoms with E-state index in [0.29, 0.717) is 0 Å². The van der Waals surface area contributed by atoms with Gasteiger partial charge >= 0.3 is 6.03 Å². The molecule has 0 heterocycles. The molecule has 0 bridgehead atoms. The average molecular weight is 304 g/mol. The molecule has 5 heteroatoms. The average Bonchev–Trinajstić information content (AvgIpc) is 3.00. The van der Waals surface area contributed by atoms with Crippen LogP contribution in [-0.4, -0.2) is 24.0 Å². The molecule has 5 nitrogen and oxygen atoms in total. The van der Waals surface area contributed by atoms with E-state index in [-0.39, 0.29) is 30.1 Å². The molecule has 1 aliphatic carbocycles. The van der Waals surface area contributed by atoms with Gasteiger partial charge in [-0.3, -0.25) is 10.1 Å². The summed E-state index contributed by atoms with van der Waals surface area (Å²) in [4.78, 5) is 23.9. The predicted octanol–water partition coefficient (Wildman–Crippen LogP) is 1.47. The van der Waals surface area contributed by atoms with Gasteiger partial charge in [0.15, 0.2) is 6.04 Å². The van der Waals surface area contributed by atoms with Gasteiger partial charge in [-0.05, 0) is 26.7 Å². The highest BCUT2D eigenvalue weighted by Gasteiger charge is 2.23. The van der Waals surface area contributed by atoms with Gasteiger partial charge in [-0.15, -0.1) is 0 Å². The van der Waals surface area contributed by atoms with Crippen LogP contribution in [0, 0.1) is 0 Å². The van der Waals surface area contributed by atoms with Crippen molar-refractivity contribution in [2.24, 2.45) is 0 Å². The number of carbonyl (C=O) groups excluding carboxylic acids is 2. The summed E-state index contributed by atoms with van der Waals surface area (Å²) in [5.74, 6) is -0.252. The smallest absolute Gasteiger partial charge is 0.321 e. The highest BCUT2D eigenvalue weighted by molar-refractivity contribution is 5.96. The first-order chi connectivity index (χ1) is 10.6. The Morgan fingerprint density at radius 2 is 1.77 bits per heavy atom. The number of amides is 3. The third-order valence-corrected chi connectivity index (χ3v) is 4.24. The summed E-state index contributed by atoms with van der Waals surface area (Å²) < 4.78 is 0. The first-order valence-corrected chi connectivity index (χ1v) is 8.07. The third kappa shape index (κ3) is 4.84. The molecular weight excluding hydrogens is 278 g/mol. The minimum Gasteiger partial charge on any atom is -0.335 e. The Bertz CT molecular complexity index is 498. The molecule has 0 spiro atoms. The number of quaternary nitrogens is 1.